The van der Waals surface area contributed by atoms with E-state index in [1.54, 1.807) is 14.2 Å². The Balaban J connectivity index is 0.000000186. The van der Waals surface area contributed by atoms with Gasteiger partial charge < -0.3 is 25.3 Å². The number of ether oxygens (including phenoxy) is 3. The number of hydrogen-bond acceptors (Lipinski definition) is 5. The van der Waals surface area contributed by atoms with Crippen molar-refractivity contribution in [2.24, 2.45) is 0 Å². The molecule has 0 heterocycles. The van der Waals surface area contributed by atoms with Crippen LogP contribution in [0.4, 0.5) is 17.1 Å². The van der Waals surface area contributed by atoms with Crippen molar-refractivity contribution in [2.75, 3.05) is 25.3 Å². The largest absolute Gasteiger partial charge is 0.495 e. The Morgan fingerprint density at radius 1 is 0.818 bits per heavy atom. The summed E-state index contributed by atoms with van der Waals surface area (Å²) >= 11 is 0. The van der Waals surface area contributed by atoms with Crippen molar-refractivity contribution in [1.82, 2.24) is 0 Å². The fourth-order valence-corrected chi connectivity index (χ4v) is 3.81. The smallest absolute Gasteiger partial charge is 0.168 e. The van der Waals surface area contributed by atoms with Gasteiger partial charge in [-0.2, -0.15) is 0 Å². The summed E-state index contributed by atoms with van der Waals surface area (Å²) in [6.07, 6.45) is 9.32. The number of nitrogen functional groups attached to an aromatic ring is 1. The molecular weight excluding hydrogens is 412 g/mol. The van der Waals surface area contributed by atoms with Gasteiger partial charge >= 0.3 is 0 Å². The van der Waals surface area contributed by atoms with E-state index < -0.39 is 0 Å². The van der Waals surface area contributed by atoms with Gasteiger partial charge in [-0.15, -0.1) is 0 Å². The lowest BCUT2D eigenvalue weighted by molar-refractivity contribution is 0.200. The molecule has 0 aliphatic heterocycles. The van der Waals surface area contributed by atoms with Crippen molar-refractivity contribution >= 4 is 23.1 Å². The molecule has 0 bridgehead atoms. The van der Waals surface area contributed by atoms with Gasteiger partial charge in [0.15, 0.2) is 11.5 Å². The molecule has 0 radical (unpaired) electrons. The molecule has 33 heavy (non-hydrogen) atoms. The number of anilines is 3. The van der Waals surface area contributed by atoms with E-state index in [1.807, 2.05) is 73.7 Å². The molecule has 0 saturated heterocycles. The van der Waals surface area contributed by atoms with E-state index in [4.69, 9.17) is 19.9 Å². The number of para-hydroxylation sites is 5. The maximum Gasteiger partial charge on any atom is 0.168 e. The van der Waals surface area contributed by atoms with E-state index in [0.29, 0.717) is 11.8 Å². The highest BCUT2D eigenvalue weighted by atomic mass is 16.5. The van der Waals surface area contributed by atoms with Gasteiger partial charge in [-0.05, 0) is 62.9 Å². The van der Waals surface area contributed by atoms with Gasteiger partial charge in [0.1, 0.15) is 5.75 Å². The van der Waals surface area contributed by atoms with Gasteiger partial charge in [-0.3, -0.25) is 0 Å². The zero-order valence-corrected chi connectivity index (χ0v) is 19.7. The molecule has 5 nitrogen and oxygen atoms in total. The summed E-state index contributed by atoms with van der Waals surface area (Å²) in [7, 11) is 3.34. The quantitative estimate of drug-likeness (QED) is 0.380. The van der Waals surface area contributed by atoms with E-state index >= 15 is 0 Å². The average molecular weight is 447 g/mol. The molecule has 0 amide bonds. The Labute approximate surface area is 197 Å². The van der Waals surface area contributed by atoms with Gasteiger partial charge in [0, 0.05) is 5.56 Å². The predicted molar refractivity (Wildman–Crippen MR) is 138 cm³/mol. The van der Waals surface area contributed by atoms with Gasteiger partial charge in [0.05, 0.1) is 37.4 Å². The molecular formula is C28H34N2O3. The van der Waals surface area contributed by atoms with Crippen LogP contribution >= 0.6 is 0 Å². The summed E-state index contributed by atoms with van der Waals surface area (Å²) in [5.74, 6) is 2.51. The Hall–Kier alpha value is -3.60. The lowest BCUT2D eigenvalue weighted by Crippen LogP contribution is -2.12. The van der Waals surface area contributed by atoms with E-state index in [0.717, 1.165) is 47.0 Å². The van der Waals surface area contributed by atoms with Crippen LogP contribution in [0.25, 0.3) is 6.08 Å². The maximum atomic E-state index is 6.10. The van der Waals surface area contributed by atoms with Gasteiger partial charge in [-0.25, -0.2) is 0 Å². The van der Waals surface area contributed by atoms with Crippen molar-refractivity contribution in [1.29, 1.82) is 0 Å². The minimum atomic E-state index is 0.357. The van der Waals surface area contributed by atoms with Crippen molar-refractivity contribution in [2.45, 2.75) is 38.7 Å². The standard InChI is InChI=1S/C15H20O2.C13H14N2O/c1-3-7-12-8-6-11-14(16-2)15(12)17-13-9-4-5-10-13;1-16-13-9-5-4-8-12(13)15-11-7-3-2-6-10(11)14/h3,6-8,11,13H,4-5,9-10H2,1-2H3;2-9,15H,14H2,1H3/b7-3+;. The summed E-state index contributed by atoms with van der Waals surface area (Å²) in [6.45, 7) is 2.01. The van der Waals surface area contributed by atoms with E-state index in [-0.39, 0.29) is 0 Å². The molecule has 0 spiro atoms. The highest BCUT2D eigenvalue weighted by Crippen LogP contribution is 2.35. The van der Waals surface area contributed by atoms with Crippen molar-refractivity contribution in [3.8, 4) is 17.2 Å². The molecule has 3 N–H and O–H groups in total. The molecule has 4 rings (SSSR count). The monoisotopic (exact) mass is 446 g/mol. The van der Waals surface area contributed by atoms with Crippen LogP contribution in [0.3, 0.4) is 0 Å². The molecule has 0 unspecified atom stereocenters. The molecule has 1 aliphatic carbocycles. The SMILES string of the molecule is C/C=C/c1cccc(OC)c1OC1CCCC1.COc1ccccc1Nc1ccccc1N. The molecule has 5 heteroatoms. The van der Waals surface area contributed by atoms with Crippen LogP contribution < -0.4 is 25.3 Å². The summed E-state index contributed by atoms with van der Waals surface area (Å²) in [5, 5.41) is 3.24. The molecule has 1 saturated carbocycles. The maximum absolute atomic E-state index is 6.10. The third kappa shape index (κ3) is 6.69. The van der Waals surface area contributed by atoms with Crippen molar-refractivity contribution in [3.05, 3.63) is 78.4 Å². The minimum Gasteiger partial charge on any atom is -0.495 e. The normalized spacial score (nSPS) is 13.3. The van der Waals surface area contributed by atoms with Crippen LogP contribution in [-0.2, 0) is 0 Å². The lowest BCUT2D eigenvalue weighted by Gasteiger charge is -2.17. The first-order valence-electron chi connectivity index (χ1n) is 11.4. The predicted octanol–water partition coefficient (Wildman–Crippen LogP) is 7.07. The Morgan fingerprint density at radius 3 is 2.12 bits per heavy atom. The third-order valence-electron chi connectivity index (χ3n) is 5.50. The van der Waals surface area contributed by atoms with Crippen molar-refractivity contribution in [3.63, 3.8) is 0 Å². The van der Waals surface area contributed by atoms with E-state index in [1.165, 1.54) is 12.8 Å². The molecule has 174 valence electrons. The second-order valence-electron chi connectivity index (χ2n) is 7.82. The highest BCUT2D eigenvalue weighted by Gasteiger charge is 2.19. The summed E-state index contributed by atoms with van der Waals surface area (Å²) < 4.78 is 16.7. The first kappa shape index (κ1) is 24.1. The highest BCUT2D eigenvalue weighted by molar-refractivity contribution is 5.75. The summed E-state index contributed by atoms with van der Waals surface area (Å²) in [6, 6.07) is 21.4. The topological polar surface area (TPSA) is 65.7 Å². The second-order valence-corrected chi connectivity index (χ2v) is 7.82. The van der Waals surface area contributed by atoms with Crippen LogP contribution in [0.2, 0.25) is 0 Å². The molecule has 0 atom stereocenters. The fourth-order valence-electron chi connectivity index (χ4n) is 3.81. The third-order valence-corrected chi connectivity index (χ3v) is 5.50. The zero-order chi connectivity index (χ0) is 23.5. The fraction of sp³-hybridized carbons (Fsp3) is 0.286. The van der Waals surface area contributed by atoms with E-state index in [2.05, 4.69) is 17.5 Å². The summed E-state index contributed by atoms with van der Waals surface area (Å²) in [4.78, 5) is 0. The number of nitrogens with one attached hydrogen (secondary N) is 1. The number of allylic oxidation sites excluding steroid dienone is 1. The average Bonchev–Trinajstić information content (AvgIpc) is 3.36. The van der Waals surface area contributed by atoms with Crippen LogP contribution in [0.1, 0.15) is 38.2 Å². The molecule has 3 aromatic carbocycles. The number of rotatable bonds is 7. The Bertz CT molecular complexity index is 1040. The molecule has 1 fully saturated rings. The Kier molecular flexibility index (Phi) is 9.07. The molecule has 1 aliphatic rings. The van der Waals surface area contributed by atoms with Gasteiger partial charge in [0.2, 0.25) is 0 Å². The number of benzene rings is 3. The molecule has 0 aromatic heterocycles. The van der Waals surface area contributed by atoms with Gasteiger partial charge in [0.25, 0.3) is 0 Å². The zero-order valence-electron chi connectivity index (χ0n) is 19.7. The van der Waals surface area contributed by atoms with Crippen LogP contribution in [0.5, 0.6) is 17.2 Å². The number of methoxy groups -OCH3 is 2. The summed E-state index contributed by atoms with van der Waals surface area (Å²) in [5.41, 5.74) is 9.46. The minimum absolute atomic E-state index is 0.357. The Morgan fingerprint density at radius 2 is 1.45 bits per heavy atom. The first-order chi connectivity index (χ1) is 16.2. The van der Waals surface area contributed by atoms with Crippen LogP contribution in [0.15, 0.2) is 72.8 Å². The lowest BCUT2D eigenvalue weighted by atomic mass is 10.1. The van der Waals surface area contributed by atoms with Gasteiger partial charge in [-0.1, -0.05) is 48.6 Å². The number of hydrogen-bond donors (Lipinski definition) is 2. The first-order valence-corrected chi connectivity index (χ1v) is 11.4. The van der Waals surface area contributed by atoms with Crippen LogP contribution in [-0.4, -0.2) is 20.3 Å². The van der Waals surface area contributed by atoms with E-state index in [9.17, 15) is 0 Å². The van der Waals surface area contributed by atoms with Crippen LogP contribution in [0, 0.1) is 0 Å². The second kappa shape index (κ2) is 12.4. The van der Waals surface area contributed by atoms with Crippen molar-refractivity contribution < 1.29 is 14.2 Å². The molecule has 3 aromatic rings. The number of nitrogens with two attached hydrogens (primary N) is 1.